The quantitative estimate of drug-likeness (QED) is 0.666. The highest BCUT2D eigenvalue weighted by Gasteiger charge is 2.28. The molecule has 1 amide bonds. The third-order valence-corrected chi connectivity index (χ3v) is 4.29. The van der Waals surface area contributed by atoms with E-state index in [0.29, 0.717) is 0 Å². The molecule has 1 fully saturated rings. The molecule has 1 aliphatic rings. The second-order valence-corrected chi connectivity index (χ2v) is 6.18. The summed E-state index contributed by atoms with van der Waals surface area (Å²) in [5.41, 5.74) is -0.624. The van der Waals surface area contributed by atoms with Gasteiger partial charge in [0, 0.05) is 24.5 Å². The van der Waals surface area contributed by atoms with Gasteiger partial charge >= 0.3 is 0 Å². The van der Waals surface area contributed by atoms with Crippen LogP contribution in [0.2, 0.25) is 0 Å². The van der Waals surface area contributed by atoms with Crippen molar-refractivity contribution in [2.45, 2.75) is 36.7 Å². The fourth-order valence-electron chi connectivity index (χ4n) is 1.51. The van der Waals surface area contributed by atoms with Crippen LogP contribution in [0.1, 0.15) is 19.8 Å². The Morgan fingerprint density at radius 1 is 1.47 bits per heavy atom. The highest BCUT2D eigenvalue weighted by atomic mass is 32.2. The fraction of sp³-hybridized carbons (Fsp3) is 0.455. The molecule has 0 aromatic carbocycles. The van der Waals surface area contributed by atoms with Crippen molar-refractivity contribution in [1.82, 2.24) is 15.0 Å². The average molecular weight is 285 g/mol. The van der Waals surface area contributed by atoms with Crippen molar-refractivity contribution in [3.05, 3.63) is 28.7 Å². The molecule has 0 spiro atoms. The van der Waals surface area contributed by atoms with Gasteiger partial charge in [-0.1, -0.05) is 0 Å². The summed E-state index contributed by atoms with van der Waals surface area (Å²) in [6.45, 7) is 1.44. The zero-order valence-corrected chi connectivity index (χ0v) is 11.2. The van der Waals surface area contributed by atoms with E-state index in [-0.39, 0.29) is 6.04 Å². The van der Waals surface area contributed by atoms with Crippen molar-refractivity contribution in [2.24, 2.45) is 0 Å². The Balaban J connectivity index is 2.10. The van der Waals surface area contributed by atoms with E-state index in [4.69, 9.17) is 0 Å². The number of nitrogens with one attached hydrogen (secondary N) is 3. The summed E-state index contributed by atoms with van der Waals surface area (Å²) in [4.78, 5) is 25.3. The maximum Gasteiger partial charge on any atom is 0.246 e. The molecule has 0 aliphatic heterocycles. The van der Waals surface area contributed by atoms with Crippen molar-refractivity contribution < 1.29 is 13.2 Å². The Labute approximate surface area is 110 Å². The Kier molecular flexibility index (Phi) is 3.72. The lowest BCUT2D eigenvalue weighted by molar-refractivity contribution is -0.122. The Hall–Kier alpha value is -1.67. The average Bonchev–Trinajstić information content (AvgIpc) is 3.12. The lowest BCUT2D eigenvalue weighted by Gasteiger charge is -2.13. The Morgan fingerprint density at radius 3 is 2.74 bits per heavy atom. The van der Waals surface area contributed by atoms with Gasteiger partial charge in [0.25, 0.3) is 0 Å². The highest BCUT2D eigenvalue weighted by Crippen LogP contribution is 2.18. The van der Waals surface area contributed by atoms with E-state index in [1.807, 2.05) is 0 Å². The molecule has 2 rings (SSSR count). The predicted molar refractivity (Wildman–Crippen MR) is 68.0 cm³/mol. The van der Waals surface area contributed by atoms with E-state index in [9.17, 15) is 18.0 Å². The minimum Gasteiger partial charge on any atom is -0.366 e. The van der Waals surface area contributed by atoms with Gasteiger partial charge < -0.3 is 10.3 Å². The topological polar surface area (TPSA) is 108 Å². The van der Waals surface area contributed by atoms with Crippen molar-refractivity contribution in [3.63, 3.8) is 0 Å². The van der Waals surface area contributed by atoms with E-state index in [1.54, 1.807) is 0 Å². The number of hydrogen-bond acceptors (Lipinski definition) is 4. The van der Waals surface area contributed by atoms with E-state index < -0.39 is 32.3 Å². The second kappa shape index (κ2) is 5.14. The molecule has 0 radical (unpaired) electrons. The van der Waals surface area contributed by atoms with Crippen molar-refractivity contribution in [2.75, 3.05) is 0 Å². The number of rotatable bonds is 5. The van der Waals surface area contributed by atoms with Crippen LogP contribution in [0.3, 0.4) is 0 Å². The van der Waals surface area contributed by atoms with Crippen LogP contribution in [0.15, 0.2) is 28.2 Å². The zero-order valence-electron chi connectivity index (χ0n) is 10.3. The van der Waals surface area contributed by atoms with Crippen LogP contribution >= 0.6 is 0 Å². The molecule has 19 heavy (non-hydrogen) atoms. The first-order valence-corrected chi connectivity index (χ1v) is 7.38. The SMILES string of the molecule is CC(NS(=O)(=O)c1c[nH]ccc1=O)C(=O)NC1CC1. The summed E-state index contributed by atoms with van der Waals surface area (Å²) in [6, 6.07) is 0.341. The van der Waals surface area contributed by atoms with Gasteiger partial charge in [0.05, 0.1) is 6.04 Å². The highest BCUT2D eigenvalue weighted by molar-refractivity contribution is 7.89. The number of pyridine rings is 1. The van der Waals surface area contributed by atoms with Gasteiger partial charge in [0.2, 0.25) is 21.4 Å². The molecule has 104 valence electrons. The monoisotopic (exact) mass is 285 g/mol. The number of H-pyrrole nitrogens is 1. The molecular weight excluding hydrogens is 270 g/mol. The van der Waals surface area contributed by atoms with Crippen LogP contribution in [0.5, 0.6) is 0 Å². The number of sulfonamides is 1. The summed E-state index contributed by atoms with van der Waals surface area (Å²) < 4.78 is 26.1. The smallest absolute Gasteiger partial charge is 0.246 e. The second-order valence-electron chi connectivity index (χ2n) is 4.50. The molecule has 1 aromatic heterocycles. The summed E-state index contributed by atoms with van der Waals surface area (Å²) in [6.07, 6.45) is 4.27. The van der Waals surface area contributed by atoms with Crippen LogP contribution in [0.25, 0.3) is 0 Å². The molecule has 1 aliphatic carbocycles. The molecule has 3 N–H and O–H groups in total. The predicted octanol–water partition coefficient (Wildman–Crippen LogP) is -0.680. The van der Waals surface area contributed by atoms with Crippen molar-refractivity contribution in [1.29, 1.82) is 0 Å². The minimum atomic E-state index is -4.01. The fourth-order valence-corrected chi connectivity index (χ4v) is 2.77. The van der Waals surface area contributed by atoms with E-state index >= 15 is 0 Å². The standard InChI is InChI=1S/C11H15N3O4S/c1-7(11(16)13-8-2-3-8)14-19(17,18)10-6-12-5-4-9(10)15/h4-8,14H,2-3H2,1H3,(H,12,15)(H,13,16). The Bertz CT molecular complexity index is 633. The molecule has 1 atom stereocenters. The molecule has 1 aromatic rings. The van der Waals surface area contributed by atoms with Crippen LogP contribution in [-0.2, 0) is 14.8 Å². The number of carbonyl (C=O) groups excluding carboxylic acids is 1. The molecule has 1 unspecified atom stereocenters. The van der Waals surface area contributed by atoms with Gasteiger partial charge in [0.15, 0.2) is 0 Å². The summed E-state index contributed by atoms with van der Waals surface area (Å²) >= 11 is 0. The summed E-state index contributed by atoms with van der Waals surface area (Å²) in [5, 5.41) is 2.69. The van der Waals surface area contributed by atoms with E-state index in [1.165, 1.54) is 13.1 Å². The summed E-state index contributed by atoms with van der Waals surface area (Å²) in [5.74, 6) is -0.390. The van der Waals surface area contributed by atoms with Crippen molar-refractivity contribution in [3.8, 4) is 0 Å². The largest absolute Gasteiger partial charge is 0.366 e. The van der Waals surface area contributed by atoms with Crippen LogP contribution in [0, 0.1) is 0 Å². The first-order chi connectivity index (χ1) is 8.90. The number of aromatic amines is 1. The molecule has 1 heterocycles. The number of carbonyl (C=O) groups is 1. The summed E-state index contributed by atoms with van der Waals surface area (Å²) in [7, 11) is -4.01. The molecule has 1 saturated carbocycles. The maximum absolute atomic E-state index is 12.0. The van der Waals surface area contributed by atoms with Gasteiger partial charge in [-0.15, -0.1) is 0 Å². The molecule has 7 nitrogen and oxygen atoms in total. The molecule has 0 bridgehead atoms. The zero-order chi connectivity index (χ0) is 14.0. The van der Waals surface area contributed by atoms with Crippen LogP contribution in [-0.4, -0.2) is 31.4 Å². The van der Waals surface area contributed by atoms with Gasteiger partial charge in [-0.05, 0) is 19.8 Å². The molecular formula is C11H15N3O4S. The molecule has 0 saturated heterocycles. The number of hydrogen-bond donors (Lipinski definition) is 3. The van der Waals surface area contributed by atoms with Gasteiger partial charge in [-0.25, -0.2) is 8.42 Å². The Morgan fingerprint density at radius 2 is 2.16 bits per heavy atom. The van der Waals surface area contributed by atoms with Crippen molar-refractivity contribution >= 4 is 15.9 Å². The lowest BCUT2D eigenvalue weighted by Crippen LogP contribution is -2.46. The van der Waals surface area contributed by atoms with Gasteiger partial charge in [-0.3, -0.25) is 9.59 Å². The van der Waals surface area contributed by atoms with Crippen LogP contribution < -0.4 is 15.5 Å². The normalized spacial score (nSPS) is 16.9. The first kappa shape index (κ1) is 13.8. The third kappa shape index (κ3) is 3.42. The first-order valence-electron chi connectivity index (χ1n) is 5.90. The number of amides is 1. The lowest BCUT2D eigenvalue weighted by atomic mass is 10.3. The maximum atomic E-state index is 12.0. The van der Waals surface area contributed by atoms with Gasteiger partial charge in [-0.2, -0.15) is 4.72 Å². The molecule has 8 heteroatoms. The van der Waals surface area contributed by atoms with Gasteiger partial charge in [0.1, 0.15) is 4.90 Å². The number of aromatic nitrogens is 1. The van der Waals surface area contributed by atoms with E-state index in [2.05, 4.69) is 15.0 Å². The van der Waals surface area contributed by atoms with Crippen LogP contribution in [0.4, 0.5) is 0 Å². The third-order valence-electron chi connectivity index (χ3n) is 2.73. The van der Waals surface area contributed by atoms with E-state index in [0.717, 1.165) is 25.1 Å². The minimum absolute atomic E-state index is 0.152.